The van der Waals surface area contributed by atoms with Crippen molar-refractivity contribution in [1.29, 1.82) is 5.26 Å². The number of halogens is 1. The number of aryl methyl sites for hydroxylation is 1. The number of nitrogens with zero attached hydrogens (tertiary/aromatic N) is 2. The molecular formula is C13H10BrN3. The molecule has 0 saturated carbocycles. The summed E-state index contributed by atoms with van der Waals surface area (Å²) in [7, 11) is 0. The van der Waals surface area contributed by atoms with Gasteiger partial charge in [-0.3, -0.25) is 0 Å². The van der Waals surface area contributed by atoms with Crippen LogP contribution in [-0.2, 0) is 0 Å². The Labute approximate surface area is 108 Å². The second-order valence-electron chi connectivity index (χ2n) is 3.66. The summed E-state index contributed by atoms with van der Waals surface area (Å²) in [6, 6.07) is 13.3. The molecule has 3 nitrogen and oxygen atoms in total. The highest BCUT2D eigenvalue weighted by Gasteiger charge is 2.00. The van der Waals surface area contributed by atoms with Crippen LogP contribution >= 0.6 is 15.9 Å². The minimum atomic E-state index is 0.404. The van der Waals surface area contributed by atoms with Gasteiger partial charge in [0.1, 0.15) is 17.6 Å². The van der Waals surface area contributed by atoms with Crippen LogP contribution in [0.5, 0.6) is 0 Å². The zero-order valence-corrected chi connectivity index (χ0v) is 10.8. The number of nitriles is 1. The first-order chi connectivity index (χ1) is 8.17. The van der Waals surface area contributed by atoms with Crippen molar-refractivity contribution in [2.45, 2.75) is 6.92 Å². The van der Waals surface area contributed by atoms with Crippen molar-refractivity contribution in [2.24, 2.45) is 0 Å². The Morgan fingerprint density at radius 3 is 2.82 bits per heavy atom. The smallest absolute Gasteiger partial charge is 0.142 e. The van der Waals surface area contributed by atoms with Gasteiger partial charge in [-0.05, 0) is 42.8 Å². The van der Waals surface area contributed by atoms with Crippen LogP contribution in [-0.4, -0.2) is 4.98 Å². The molecule has 0 aliphatic heterocycles. The van der Waals surface area contributed by atoms with E-state index in [2.05, 4.69) is 26.2 Å². The highest BCUT2D eigenvalue weighted by atomic mass is 79.9. The minimum Gasteiger partial charge on any atom is -0.340 e. The van der Waals surface area contributed by atoms with Crippen molar-refractivity contribution in [2.75, 3.05) is 5.32 Å². The molecule has 0 atom stereocenters. The third kappa shape index (κ3) is 3.05. The van der Waals surface area contributed by atoms with Gasteiger partial charge < -0.3 is 5.32 Å². The number of anilines is 2. The Hall–Kier alpha value is -1.86. The Bertz CT molecular complexity index is 567. The van der Waals surface area contributed by atoms with E-state index in [1.54, 1.807) is 12.1 Å². The van der Waals surface area contributed by atoms with Crippen molar-refractivity contribution < 1.29 is 0 Å². The molecule has 0 spiro atoms. The fraction of sp³-hybridized carbons (Fsp3) is 0.0769. The molecule has 0 saturated heterocycles. The minimum absolute atomic E-state index is 0.404. The quantitative estimate of drug-likeness (QED) is 0.915. The van der Waals surface area contributed by atoms with Gasteiger partial charge in [0.25, 0.3) is 0 Å². The Morgan fingerprint density at radius 2 is 2.12 bits per heavy atom. The number of nitrogens with one attached hydrogen (secondary N) is 1. The molecule has 0 bridgehead atoms. The first kappa shape index (κ1) is 11.6. The van der Waals surface area contributed by atoms with E-state index in [0.29, 0.717) is 11.5 Å². The third-order valence-electron chi connectivity index (χ3n) is 2.18. The van der Waals surface area contributed by atoms with E-state index < -0.39 is 0 Å². The van der Waals surface area contributed by atoms with Gasteiger partial charge in [-0.15, -0.1) is 0 Å². The average Bonchev–Trinajstić information content (AvgIpc) is 2.28. The lowest BCUT2D eigenvalue weighted by atomic mass is 10.2. The summed E-state index contributed by atoms with van der Waals surface area (Å²) >= 11 is 3.44. The summed E-state index contributed by atoms with van der Waals surface area (Å²) in [5.41, 5.74) is 2.50. The summed E-state index contributed by atoms with van der Waals surface area (Å²) < 4.78 is 1.01. The topological polar surface area (TPSA) is 48.7 Å². The summed E-state index contributed by atoms with van der Waals surface area (Å²) in [4.78, 5) is 4.16. The molecule has 0 aliphatic rings. The zero-order valence-electron chi connectivity index (χ0n) is 9.24. The van der Waals surface area contributed by atoms with Crippen LogP contribution in [0.3, 0.4) is 0 Å². The van der Waals surface area contributed by atoms with Crippen molar-refractivity contribution in [3.05, 3.63) is 52.1 Å². The largest absolute Gasteiger partial charge is 0.340 e. The maximum absolute atomic E-state index is 8.77. The molecule has 1 N–H and O–H groups in total. The van der Waals surface area contributed by atoms with Gasteiger partial charge in [0, 0.05) is 10.2 Å². The molecule has 4 heteroatoms. The molecule has 0 fully saturated rings. The van der Waals surface area contributed by atoms with Gasteiger partial charge in [0.05, 0.1) is 0 Å². The van der Waals surface area contributed by atoms with Gasteiger partial charge in [0.15, 0.2) is 0 Å². The van der Waals surface area contributed by atoms with Crippen molar-refractivity contribution in [3.63, 3.8) is 0 Å². The second-order valence-corrected chi connectivity index (χ2v) is 4.58. The van der Waals surface area contributed by atoms with Gasteiger partial charge in [-0.25, -0.2) is 4.98 Å². The average molecular weight is 288 g/mol. The normalized spacial score (nSPS) is 9.71. The van der Waals surface area contributed by atoms with Gasteiger partial charge >= 0.3 is 0 Å². The molecule has 0 aliphatic carbocycles. The molecule has 2 rings (SSSR count). The molecule has 1 heterocycles. The summed E-state index contributed by atoms with van der Waals surface area (Å²) in [6.45, 7) is 2.02. The standard InChI is InChI=1S/C13H10BrN3/c1-9-5-10(14)7-12(6-9)17-13-4-2-3-11(8-15)16-13/h2-7H,1H3,(H,16,17). The third-order valence-corrected chi connectivity index (χ3v) is 2.64. The molecule has 0 unspecified atom stereocenters. The van der Waals surface area contributed by atoms with E-state index in [0.717, 1.165) is 15.7 Å². The Balaban J connectivity index is 2.28. The highest BCUT2D eigenvalue weighted by molar-refractivity contribution is 9.10. The predicted molar refractivity (Wildman–Crippen MR) is 71.1 cm³/mol. The zero-order chi connectivity index (χ0) is 12.3. The first-order valence-electron chi connectivity index (χ1n) is 5.09. The lowest BCUT2D eigenvalue weighted by Gasteiger charge is -2.07. The number of hydrogen-bond acceptors (Lipinski definition) is 3. The van der Waals surface area contributed by atoms with Crippen molar-refractivity contribution >= 4 is 27.4 Å². The van der Waals surface area contributed by atoms with E-state index in [1.807, 2.05) is 37.3 Å². The van der Waals surface area contributed by atoms with Gasteiger partial charge in [0.2, 0.25) is 0 Å². The number of aromatic nitrogens is 1. The van der Waals surface area contributed by atoms with Crippen LogP contribution in [0.25, 0.3) is 0 Å². The van der Waals surface area contributed by atoms with Crippen LogP contribution in [0.2, 0.25) is 0 Å². The van der Waals surface area contributed by atoms with E-state index in [9.17, 15) is 0 Å². The Morgan fingerprint density at radius 1 is 1.29 bits per heavy atom. The van der Waals surface area contributed by atoms with Gasteiger partial charge in [-0.1, -0.05) is 22.0 Å². The van der Waals surface area contributed by atoms with Crippen LogP contribution in [0, 0.1) is 18.3 Å². The second kappa shape index (κ2) is 4.98. The SMILES string of the molecule is Cc1cc(Br)cc(Nc2cccc(C#N)n2)c1. The lowest BCUT2D eigenvalue weighted by molar-refractivity contribution is 1.25. The molecule has 84 valence electrons. The van der Waals surface area contributed by atoms with Gasteiger partial charge in [-0.2, -0.15) is 5.26 Å². The van der Waals surface area contributed by atoms with Crippen LogP contribution in [0.15, 0.2) is 40.9 Å². The lowest BCUT2D eigenvalue weighted by Crippen LogP contribution is -1.95. The number of benzene rings is 1. The Kier molecular flexibility index (Phi) is 3.40. The molecule has 2 aromatic rings. The van der Waals surface area contributed by atoms with E-state index in [1.165, 1.54) is 0 Å². The summed E-state index contributed by atoms with van der Waals surface area (Å²) in [6.07, 6.45) is 0. The number of hydrogen-bond donors (Lipinski definition) is 1. The maximum Gasteiger partial charge on any atom is 0.142 e. The molecule has 0 amide bonds. The molecule has 0 radical (unpaired) electrons. The van der Waals surface area contributed by atoms with E-state index in [-0.39, 0.29) is 0 Å². The first-order valence-corrected chi connectivity index (χ1v) is 5.88. The number of rotatable bonds is 2. The van der Waals surface area contributed by atoms with Crippen LogP contribution in [0.4, 0.5) is 11.5 Å². The predicted octanol–water partition coefficient (Wildman–Crippen LogP) is 3.77. The molecular weight excluding hydrogens is 278 g/mol. The van der Waals surface area contributed by atoms with E-state index in [4.69, 9.17) is 5.26 Å². The monoisotopic (exact) mass is 287 g/mol. The van der Waals surface area contributed by atoms with Crippen molar-refractivity contribution in [1.82, 2.24) is 4.98 Å². The molecule has 17 heavy (non-hydrogen) atoms. The van der Waals surface area contributed by atoms with E-state index >= 15 is 0 Å². The van der Waals surface area contributed by atoms with Crippen molar-refractivity contribution in [3.8, 4) is 6.07 Å². The van der Waals surface area contributed by atoms with Crippen LogP contribution in [0.1, 0.15) is 11.3 Å². The molecule has 1 aromatic heterocycles. The highest BCUT2D eigenvalue weighted by Crippen LogP contribution is 2.21. The number of pyridine rings is 1. The fourth-order valence-electron chi connectivity index (χ4n) is 1.52. The van der Waals surface area contributed by atoms with Crippen LogP contribution < -0.4 is 5.32 Å². The maximum atomic E-state index is 8.77. The fourth-order valence-corrected chi connectivity index (χ4v) is 2.13. The summed E-state index contributed by atoms with van der Waals surface area (Å²) in [5.74, 6) is 0.668. The summed E-state index contributed by atoms with van der Waals surface area (Å²) in [5, 5.41) is 11.9. The molecule has 1 aromatic carbocycles.